The fourth-order valence-electron chi connectivity index (χ4n) is 1.72. The molecule has 0 saturated carbocycles. The Hall–Kier alpha value is -0.340. The van der Waals surface area contributed by atoms with E-state index in [4.69, 9.17) is 0 Å². The first-order chi connectivity index (χ1) is 7.70. The fraction of sp³-hybridized carbons (Fsp3) is 1.00. The van der Waals surface area contributed by atoms with Gasteiger partial charge in [0, 0.05) is 25.7 Å². The molecule has 1 N–H and O–H groups in total. The maximum Gasteiger partial charge on any atom is 0.401 e. The van der Waals surface area contributed by atoms with E-state index in [1.165, 1.54) is 0 Å². The highest BCUT2D eigenvalue weighted by atomic mass is 32.2. The van der Waals surface area contributed by atoms with Crippen molar-refractivity contribution in [2.24, 2.45) is 0 Å². The van der Waals surface area contributed by atoms with E-state index in [1.54, 1.807) is 6.92 Å². The molecule has 0 bridgehead atoms. The van der Waals surface area contributed by atoms with Crippen LogP contribution in [0.2, 0.25) is 0 Å². The van der Waals surface area contributed by atoms with Crippen molar-refractivity contribution in [3.63, 3.8) is 0 Å². The number of hydrogen-bond acceptors (Lipinski definition) is 4. The maximum atomic E-state index is 11.9. The molecule has 1 saturated heterocycles. The number of rotatable bonds is 4. The summed E-state index contributed by atoms with van der Waals surface area (Å²) < 4.78 is 58.0. The third-order valence-corrected chi connectivity index (χ3v) is 4.38. The molecular weight excluding hydrogens is 257 g/mol. The van der Waals surface area contributed by atoms with Crippen molar-refractivity contribution in [1.29, 1.82) is 0 Å². The number of alkyl halides is 3. The van der Waals surface area contributed by atoms with E-state index in [2.05, 4.69) is 5.32 Å². The minimum absolute atomic E-state index is 0.0900. The normalized spacial score (nSPS) is 23.5. The van der Waals surface area contributed by atoms with Gasteiger partial charge in [-0.1, -0.05) is 0 Å². The van der Waals surface area contributed by atoms with Gasteiger partial charge in [0.2, 0.25) is 0 Å². The van der Waals surface area contributed by atoms with Crippen LogP contribution in [-0.2, 0) is 9.84 Å². The maximum absolute atomic E-state index is 11.9. The van der Waals surface area contributed by atoms with Crippen molar-refractivity contribution in [1.82, 2.24) is 10.2 Å². The van der Waals surface area contributed by atoms with Crippen LogP contribution in [0.4, 0.5) is 13.2 Å². The van der Waals surface area contributed by atoms with Crippen molar-refractivity contribution >= 4 is 9.84 Å². The van der Waals surface area contributed by atoms with Crippen molar-refractivity contribution in [2.75, 3.05) is 37.7 Å². The number of sulfone groups is 1. The summed E-state index contributed by atoms with van der Waals surface area (Å²) in [4.78, 5) is 1.89. The molecular formula is C9H17F3N2O2S. The zero-order valence-electron chi connectivity index (χ0n) is 9.63. The third kappa shape index (κ3) is 5.69. The lowest BCUT2D eigenvalue weighted by Gasteiger charge is -2.32. The number of hydrogen-bond donors (Lipinski definition) is 1. The SMILES string of the molecule is CC(CNCC(F)(F)F)N1CCS(=O)(=O)CC1. The van der Waals surface area contributed by atoms with E-state index >= 15 is 0 Å². The lowest BCUT2D eigenvalue weighted by Crippen LogP contribution is -2.49. The van der Waals surface area contributed by atoms with Gasteiger partial charge in [-0.25, -0.2) is 8.42 Å². The summed E-state index contributed by atoms with van der Waals surface area (Å²) in [7, 11) is -2.94. The molecule has 1 unspecified atom stereocenters. The molecule has 0 amide bonds. The van der Waals surface area contributed by atoms with Crippen LogP contribution in [0.5, 0.6) is 0 Å². The van der Waals surface area contributed by atoms with Crippen LogP contribution in [0.1, 0.15) is 6.92 Å². The number of nitrogens with zero attached hydrogens (tertiary/aromatic N) is 1. The standard InChI is InChI=1S/C9H17F3N2O2S/c1-8(6-13-7-9(10,11)12)14-2-4-17(15,16)5-3-14/h8,13H,2-7H2,1H3. The molecule has 102 valence electrons. The summed E-state index contributed by atoms with van der Waals surface area (Å²) >= 11 is 0. The smallest absolute Gasteiger partial charge is 0.307 e. The third-order valence-electron chi connectivity index (χ3n) is 2.77. The van der Waals surface area contributed by atoms with Gasteiger partial charge in [0.05, 0.1) is 18.1 Å². The first-order valence-corrected chi connectivity index (χ1v) is 7.24. The summed E-state index contributed by atoms with van der Waals surface area (Å²) in [6.07, 6.45) is -4.20. The minimum Gasteiger partial charge on any atom is -0.307 e. The molecule has 1 heterocycles. The Bertz CT molecular complexity index is 329. The molecule has 0 radical (unpaired) electrons. The quantitative estimate of drug-likeness (QED) is 0.799. The Morgan fingerprint density at radius 1 is 1.29 bits per heavy atom. The van der Waals surface area contributed by atoms with Gasteiger partial charge in [0.15, 0.2) is 9.84 Å². The van der Waals surface area contributed by atoms with Gasteiger partial charge in [-0.3, -0.25) is 4.90 Å². The van der Waals surface area contributed by atoms with Crippen molar-refractivity contribution in [2.45, 2.75) is 19.1 Å². The van der Waals surface area contributed by atoms with Gasteiger partial charge >= 0.3 is 6.18 Å². The lowest BCUT2D eigenvalue weighted by molar-refractivity contribution is -0.125. The predicted molar refractivity (Wildman–Crippen MR) is 58.6 cm³/mol. The van der Waals surface area contributed by atoms with E-state index in [0.29, 0.717) is 13.1 Å². The Balaban J connectivity index is 2.27. The van der Waals surface area contributed by atoms with E-state index in [1.807, 2.05) is 4.90 Å². The van der Waals surface area contributed by atoms with Crippen LogP contribution < -0.4 is 5.32 Å². The molecule has 0 aliphatic carbocycles. The van der Waals surface area contributed by atoms with Gasteiger partial charge < -0.3 is 5.32 Å². The lowest BCUT2D eigenvalue weighted by atomic mass is 10.2. The molecule has 0 spiro atoms. The van der Waals surface area contributed by atoms with Crippen molar-refractivity contribution in [3.8, 4) is 0 Å². The summed E-state index contributed by atoms with van der Waals surface area (Å²) in [6.45, 7) is 1.79. The summed E-state index contributed by atoms with van der Waals surface area (Å²) in [6, 6.07) is -0.0900. The second kappa shape index (κ2) is 5.53. The van der Waals surface area contributed by atoms with Gasteiger partial charge in [-0.15, -0.1) is 0 Å². The molecule has 1 aliphatic heterocycles. The van der Waals surface area contributed by atoms with Gasteiger partial charge in [0.25, 0.3) is 0 Å². The van der Waals surface area contributed by atoms with Crippen LogP contribution in [0.3, 0.4) is 0 Å². The van der Waals surface area contributed by atoms with Crippen LogP contribution >= 0.6 is 0 Å². The summed E-state index contributed by atoms with van der Waals surface area (Å²) in [5, 5.41) is 2.33. The zero-order chi connectivity index (χ0) is 13.1. The largest absolute Gasteiger partial charge is 0.401 e. The molecule has 4 nitrogen and oxygen atoms in total. The van der Waals surface area contributed by atoms with Crippen molar-refractivity contribution in [3.05, 3.63) is 0 Å². The van der Waals surface area contributed by atoms with E-state index in [0.717, 1.165) is 0 Å². The van der Waals surface area contributed by atoms with Crippen molar-refractivity contribution < 1.29 is 21.6 Å². The highest BCUT2D eigenvalue weighted by Crippen LogP contribution is 2.12. The average Bonchev–Trinajstić information content (AvgIpc) is 2.15. The first-order valence-electron chi connectivity index (χ1n) is 5.41. The minimum atomic E-state index is -4.20. The molecule has 8 heteroatoms. The van der Waals surface area contributed by atoms with E-state index in [-0.39, 0.29) is 24.1 Å². The molecule has 17 heavy (non-hydrogen) atoms. The van der Waals surface area contributed by atoms with Gasteiger partial charge in [0.1, 0.15) is 0 Å². The Morgan fingerprint density at radius 3 is 2.29 bits per heavy atom. The van der Waals surface area contributed by atoms with Gasteiger partial charge in [-0.2, -0.15) is 13.2 Å². The molecule has 0 aromatic carbocycles. The van der Waals surface area contributed by atoms with Crippen LogP contribution in [0, 0.1) is 0 Å². The molecule has 1 rings (SSSR count). The predicted octanol–water partition coefficient (Wildman–Crippen LogP) is 0.257. The monoisotopic (exact) mass is 274 g/mol. The number of nitrogens with one attached hydrogen (secondary N) is 1. The van der Waals surface area contributed by atoms with E-state index in [9.17, 15) is 21.6 Å². The van der Waals surface area contributed by atoms with Crippen LogP contribution in [0.25, 0.3) is 0 Å². The molecule has 0 aromatic rings. The summed E-state index contributed by atoms with van der Waals surface area (Å²) in [5.74, 6) is 0.188. The van der Waals surface area contributed by atoms with E-state index < -0.39 is 22.6 Å². The summed E-state index contributed by atoms with van der Waals surface area (Å²) in [5.41, 5.74) is 0. The Labute approximate surface area is 99.1 Å². The molecule has 0 aromatic heterocycles. The van der Waals surface area contributed by atoms with Gasteiger partial charge in [-0.05, 0) is 6.92 Å². The number of halogens is 3. The molecule has 1 aliphatic rings. The highest BCUT2D eigenvalue weighted by Gasteiger charge is 2.28. The molecule has 1 fully saturated rings. The second-order valence-corrected chi connectivity index (χ2v) is 6.59. The Morgan fingerprint density at radius 2 is 1.82 bits per heavy atom. The Kier molecular flexibility index (Phi) is 4.79. The molecule has 1 atom stereocenters. The first kappa shape index (κ1) is 14.7. The van der Waals surface area contributed by atoms with Crippen LogP contribution in [0.15, 0.2) is 0 Å². The fourth-order valence-corrected chi connectivity index (χ4v) is 2.95. The topological polar surface area (TPSA) is 49.4 Å². The highest BCUT2D eigenvalue weighted by molar-refractivity contribution is 7.91. The second-order valence-electron chi connectivity index (χ2n) is 4.28. The average molecular weight is 274 g/mol. The van der Waals surface area contributed by atoms with Crippen LogP contribution in [-0.4, -0.2) is 63.2 Å². The zero-order valence-corrected chi connectivity index (χ0v) is 10.4.